The zero-order valence-corrected chi connectivity index (χ0v) is 9.05. The van der Waals surface area contributed by atoms with Crippen LogP contribution in [0.2, 0.25) is 0 Å². The first-order chi connectivity index (χ1) is 6.77. The van der Waals surface area contributed by atoms with Crippen LogP contribution < -0.4 is 5.32 Å². The fraction of sp³-hybridized carbons (Fsp3) is 0.667. The molecule has 0 amide bonds. The van der Waals surface area contributed by atoms with Crippen LogP contribution in [0.25, 0.3) is 0 Å². The van der Waals surface area contributed by atoms with E-state index in [0.29, 0.717) is 5.41 Å². The van der Waals surface area contributed by atoms with Crippen LogP contribution in [0, 0.1) is 5.92 Å². The molecule has 14 heavy (non-hydrogen) atoms. The smallest absolute Gasteiger partial charge is 0.109 e. The summed E-state index contributed by atoms with van der Waals surface area (Å²) in [6.45, 7) is 6.76. The molecular formula is C12H19NO. The highest BCUT2D eigenvalue weighted by Gasteiger charge is 2.52. The van der Waals surface area contributed by atoms with Gasteiger partial charge in [-0.25, -0.2) is 0 Å². The van der Waals surface area contributed by atoms with Crippen LogP contribution in [0.4, 0.5) is 0 Å². The van der Waals surface area contributed by atoms with E-state index in [1.54, 1.807) is 6.26 Å². The van der Waals surface area contributed by atoms with Gasteiger partial charge in [0.05, 0.1) is 6.26 Å². The van der Waals surface area contributed by atoms with Gasteiger partial charge in [0.1, 0.15) is 5.76 Å². The zero-order chi connectivity index (χ0) is 10.0. The minimum Gasteiger partial charge on any atom is -0.469 e. The Kier molecular flexibility index (Phi) is 2.64. The van der Waals surface area contributed by atoms with E-state index in [2.05, 4.69) is 25.2 Å². The van der Waals surface area contributed by atoms with Gasteiger partial charge in [-0.1, -0.05) is 13.8 Å². The largest absolute Gasteiger partial charge is 0.469 e. The van der Waals surface area contributed by atoms with Gasteiger partial charge in [0.15, 0.2) is 0 Å². The Morgan fingerprint density at radius 2 is 2.50 bits per heavy atom. The number of nitrogens with one attached hydrogen (secondary N) is 1. The molecule has 1 fully saturated rings. The van der Waals surface area contributed by atoms with E-state index in [0.717, 1.165) is 24.8 Å². The van der Waals surface area contributed by atoms with Crippen LogP contribution in [0.15, 0.2) is 22.8 Å². The second kappa shape index (κ2) is 3.77. The fourth-order valence-corrected chi connectivity index (χ4v) is 2.11. The predicted octanol–water partition coefficient (Wildman–Crippen LogP) is 2.56. The molecule has 0 bridgehead atoms. The fourth-order valence-electron chi connectivity index (χ4n) is 2.11. The molecule has 1 heterocycles. The van der Waals surface area contributed by atoms with Crippen LogP contribution >= 0.6 is 0 Å². The Morgan fingerprint density at radius 3 is 3.14 bits per heavy atom. The Balaban J connectivity index is 1.84. The maximum atomic E-state index is 5.47. The van der Waals surface area contributed by atoms with Crippen molar-refractivity contribution in [1.29, 1.82) is 0 Å². The lowest BCUT2D eigenvalue weighted by Gasteiger charge is -2.08. The zero-order valence-electron chi connectivity index (χ0n) is 9.05. The van der Waals surface area contributed by atoms with Gasteiger partial charge in [-0.05, 0) is 44.0 Å². The lowest BCUT2D eigenvalue weighted by molar-refractivity contribution is 0.441. The summed E-state index contributed by atoms with van der Waals surface area (Å²) in [4.78, 5) is 0. The molecule has 2 heteroatoms. The van der Waals surface area contributed by atoms with Crippen molar-refractivity contribution in [1.82, 2.24) is 5.32 Å². The van der Waals surface area contributed by atoms with Crippen molar-refractivity contribution in [2.75, 3.05) is 13.1 Å². The second-order valence-electron chi connectivity index (χ2n) is 4.50. The SMILES string of the molecule is CCCNCC1CC1(C)c1ccco1. The van der Waals surface area contributed by atoms with E-state index in [1.807, 2.05) is 6.07 Å². The maximum absolute atomic E-state index is 5.47. The van der Waals surface area contributed by atoms with E-state index in [1.165, 1.54) is 12.8 Å². The van der Waals surface area contributed by atoms with Crippen molar-refractivity contribution >= 4 is 0 Å². The van der Waals surface area contributed by atoms with E-state index in [9.17, 15) is 0 Å². The Labute approximate surface area is 85.7 Å². The molecule has 0 spiro atoms. The van der Waals surface area contributed by atoms with Gasteiger partial charge in [-0.15, -0.1) is 0 Å². The van der Waals surface area contributed by atoms with Crippen molar-refractivity contribution < 1.29 is 4.42 Å². The van der Waals surface area contributed by atoms with Crippen molar-refractivity contribution in [2.24, 2.45) is 5.92 Å². The molecule has 2 unspecified atom stereocenters. The molecule has 1 aliphatic carbocycles. The minimum absolute atomic E-state index is 0.310. The highest BCUT2D eigenvalue weighted by atomic mass is 16.3. The third kappa shape index (κ3) is 1.71. The van der Waals surface area contributed by atoms with Crippen LogP contribution in [0.5, 0.6) is 0 Å². The number of furan rings is 1. The van der Waals surface area contributed by atoms with E-state index < -0.39 is 0 Å². The summed E-state index contributed by atoms with van der Waals surface area (Å²) in [6, 6.07) is 4.08. The van der Waals surface area contributed by atoms with Crippen molar-refractivity contribution in [2.45, 2.75) is 32.1 Å². The average Bonchev–Trinajstić information content (AvgIpc) is 2.69. The van der Waals surface area contributed by atoms with Gasteiger partial charge in [0, 0.05) is 5.41 Å². The number of hydrogen-bond acceptors (Lipinski definition) is 2. The third-order valence-electron chi connectivity index (χ3n) is 3.31. The molecular weight excluding hydrogens is 174 g/mol. The van der Waals surface area contributed by atoms with Gasteiger partial charge in [-0.2, -0.15) is 0 Å². The lowest BCUT2D eigenvalue weighted by Crippen LogP contribution is -2.20. The molecule has 78 valence electrons. The molecule has 0 radical (unpaired) electrons. The normalized spacial score (nSPS) is 30.6. The van der Waals surface area contributed by atoms with E-state index in [4.69, 9.17) is 4.42 Å². The highest BCUT2D eigenvalue weighted by molar-refractivity contribution is 5.24. The molecule has 2 nitrogen and oxygen atoms in total. The van der Waals surface area contributed by atoms with Crippen molar-refractivity contribution in [3.8, 4) is 0 Å². The van der Waals surface area contributed by atoms with Gasteiger partial charge in [0.2, 0.25) is 0 Å². The number of hydrogen-bond donors (Lipinski definition) is 1. The monoisotopic (exact) mass is 193 g/mol. The molecule has 2 rings (SSSR count). The summed E-state index contributed by atoms with van der Waals surface area (Å²) in [6.07, 6.45) is 4.25. The van der Waals surface area contributed by atoms with Crippen LogP contribution in [-0.4, -0.2) is 13.1 Å². The first-order valence-electron chi connectivity index (χ1n) is 5.52. The average molecular weight is 193 g/mol. The predicted molar refractivity (Wildman–Crippen MR) is 57.3 cm³/mol. The summed E-state index contributed by atoms with van der Waals surface area (Å²) < 4.78 is 5.47. The molecule has 2 atom stereocenters. The van der Waals surface area contributed by atoms with Gasteiger partial charge in [-0.3, -0.25) is 0 Å². The standard InChI is InChI=1S/C12H19NO/c1-3-6-13-9-10-8-12(10,2)11-5-4-7-14-11/h4-5,7,10,13H,3,6,8-9H2,1-2H3. The summed E-state index contributed by atoms with van der Waals surface area (Å²) in [5.41, 5.74) is 0.310. The molecule has 1 aliphatic rings. The summed E-state index contributed by atoms with van der Waals surface area (Å²) in [5, 5.41) is 3.47. The lowest BCUT2D eigenvalue weighted by atomic mass is 10.0. The molecule has 1 saturated carbocycles. The molecule has 0 saturated heterocycles. The maximum Gasteiger partial charge on any atom is 0.109 e. The van der Waals surface area contributed by atoms with Gasteiger partial charge >= 0.3 is 0 Å². The Bertz CT molecular complexity index is 281. The topological polar surface area (TPSA) is 25.2 Å². The van der Waals surface area contributed by atoms with E-state index in [-0.39, 0.29) is 0 Å². The van der Waals surface area contributed by atoms with Crippen molar-refractivity contribution in [3.05, 3.63) is 24.2 Å². The molecule has 1 aromatic heterocycles. The highest BCUT2D eigenvalue weighted by Crippen LogP contribution is 2.53. The van der Waals surface area contributed by atoms with E-state index >= 15 is 0 Å². The first kappa shape index (κ1) is 9.78. The minimum atomic E-state index is 0.310. The molecule has 1 aromatic rings. The van der Waals surface area contributed by atoms with Gasteiger partial charge < -0.3 is 9.73 Å². The molecule has 0 aliphatic heterocycles. The van der Waals surface area contributed by atoms with Crippen LogP contribution in [-0.2, 0) is 5.41 Å². The molecule has 0 aromatic carbocycles. The Hall–Kier alpha value is -0.760. The van der Waals surface area contributed by atoms with Crippen molar-refractivity contribution in [3.63, 3.8) is 0 Å². The quantitative estimate of drug-likeness (QED) is 0.727. The van der Waals surface area contributed by atoms with Crippen LogP contribution in [0.1, 0.15) is 32.4 Å². The summed E-state index contributed by atoms with van der Waals surface area (Å²) in [5.74, 6) is 1.92. The first-order valence-corrected chi connectivity index (χ1v) is 5.52. The van der Waals surface area contributed by atoms with Gasteiger partial charge in [0.25, 0.3) is 0 Å². The molecule has 1 N–H and O–H groups in total. The summed E-state index contributed by atoms with van der Waals surface area (Å²) >= 11 is 0. The third-order valence-corrected chi connectivity index (χ3v) is 3.31. The second-order valence-corrected chi connectivity index (χ2v) is 4.50. The number of rotatable bonds is 5. The Morgan fingerprint density at radius 1 is 1.64 bits per heavy atom. The van der Waals surface area contributed by atoms with Crippen LogP contribution in [0.3, 0.4) is 0 Å². The summed E-state index contributed by atoms with van der Waals surface area (Å²) in [7, 11) is 0.